The molecule has 0 bridgehead atoms. The summed E-state index contributed by atoms with van der Waals surface area (Å²) in [5, 5.41) is 11.9. The van der Waals surface area contributed by atoms with Crippen molar-refractivity contribution in [3.05, 3.63) is 65.7 Å². The van der Waals surface area contributed by atoms with Crippen LogP contribution in [0.1, 0.15) is 30.9 Å². The van der Waals surface area contributed by atoms with Crippen LogP contribution in [0, 0.1) is 11.3 Å². The molecular formula is C22H25N3O2. The predicted molar refractivity (Wildman–Crippen MR) is 104 cm³/mol. The summed E-state index contributed by atoms with van der Waals surface area (Å²) in [6.07, 6.45) is 1.32. The van der Waals surface area contributed by atoms with Gasteiger partial charge >= 0.3 is 0 Å². The van der Waals surface area contributed by atoms with Crippen LogP contribution in [-0.4, -0.2) is 36.0 Å². The van der Waals surface area contributed by atoms with Crippen LogP contribution in [0.3, 0.4) is 0 Å². The maximum Gasteiger partial charge on any atom is 0.260 e. The van der Waals surface area contributed by atoms with Crippen molar-refractivity contribution in [1.82, 2.24) is 10.2 Å². The molecule has 5 nitrogen and oxygen atoms in total. The molecule has 140 valence electrons. The Morgan fingerprint density at radius 3 is 2.48 bits per heavy atom. The molecule has 1 aliphatic rings. The minimum atomic E-state index is -0.569. The highest BCUT2D eigenvalue weighted by Gasteiger charge is 2.23. The van der Waals surface area contributed by atoms with Crippen LogP contribution >= 0.6 is 0 Å². The van der Waals surface area contributed by atoms with Gasteiger partial charge in [0, 0.05) is 25.7 Å². The van der Waals surface area contributed by atoms with Crippen molar-refractivity contribution in [2.24, 2.45) is 0 Å². The number of ether oxygens (including phenoxy) is 1. The molecule has 5 heteroatoms. The van der Waals surface area contributed by atoms with E-state index < -0.39 is 6.10 Å². The Morgan fingerprint density at radius 2 is 1.85 bits per heavy atom. The molecule has 2 aromatic rings. The van der Waals surface area contributed by atoms with Gasteiger partial charge in [-0.25, -0.2) is 0 Å². The highest BCUT2D eigenvalue weighted by Crippen LogP contribution is 2.16. The molecule has 0 aromatic heterocycles. The molecule has 1 fully saturated rings. The smallest absolute Gasteiger partial charge is 0.260 e. The van der Waals surface area contributed by atoms with Crippen LogP contribution in [0.5, 0.6) is 5.75 Å². The van der Waals surface area contributed by atoms with E-state index in [1.165, 1.54) is 5.56 Å². The normalized spacial score (nSPS) is 16.3. The van der Waals surface area contributed by atoms with E-state index in [1.807, 2.05) is 6.07 Å². The fourth-order valence-corrected chi connectivity index (χ4v) is 3.26. The van der Waals surface area contributed by atoms with Crippen molar-refractivity contribution in [2.45, 2.75) is 38.5 Å². The number of carbonyl (C=O) groups is 1. The highest BCUT2D eigenvalue weighted by atomic mass is 16.5. The maximum absolute atomic E-state index is 12.4. The standard InChI is InChI=1S/C22H25N3O2/c1-17(27-21-9-7-18(15-23)8-10-21)22(26)24-20-11-13-25(14-12-20)16-19-5-3-2-4-6-19/h2-10,17,20H,11-14,16H2,1H3,(H,24,26). The fourth-order valence-electron chi connectivity index (χ4n) is 3.26. The van der Waals surface area contributed by atoms with Crippen LogP contribution in [-0.2, 0) is 11.3 Å². The van der Waals surface area contributed by atoms with Gasteiger partial charge in [-0.3, -0.25) is 9.69 Å². The van der Waals surface area contributed by atoms with E-state index in [0.717, 1.165) is 32.5 Å². The molecule has 0 saturated carbocycles. The first kappa shape index (κ1) is 18.9. The summed E-state index contributed by atoms with van der Waals surface area (Å²) in [5.74, 6) is 0.496. The average molecular weight is 363 g/mol. The van der Waals surface area contributed by atoms with Gasteiger partial charge in [0.25, 0.3) is 5.91 Å². The fraction of sp³-hybridized carbons (Fsp3) is 0.364. The molecule has 1 saturated heterocycles. The monoisotopic (exact) mass is 363 g/mol. The second-order valence-corrected chi connectivity index (χ2v) is 6.94. The lowest BCUT2D eigenvalue weighted by Crippen LogP contribution is -2.47. The van der Waals surface area contributed by atoms with Gasteiger partial charge in [-0.1, -0.05) is 30.3 Å². The molecule has 0 aliphatic carbocycles. The van der Waals surface area contributed by atoms with Gasteiger partial charge in [-0.05, 0) is 49.6 Å². The third-order valence-corrected chi connectivity index (χ3v) is 4.85. The first-order chi connectivity index (χ1) is 13.1. The van der Waals surface area contributed by atoms with Gasteiger partial charge in [-0.15, -0.1) is 0 Å². The lowest BCUT2D eigenvalue weighted by Gasteiger charge is -2.32. The number of amides is 1. The number of nitrogens with one attached hydrogen (secondary N) is 1. The Balaban J connectivity index is 1.42. The molecule has 1 amide bonds. The first-order valence-corrected chi connectivity index (χ1v) is 9.37. The molecule has 0 radical (unpaired) electrons. The van der Waals surface area contributed by atoms with Crippen molar-refractivity contribution >= 4 is 5.91 Å². The minimum Gasteiger partial charge on any atom is -0.481 e. The van der Waals surface area contributed by atoms with Crippen LogP contribution < -0.4 is 10.1 Å². The summed E-state index contributed by atoms with van der Waals surface area (Å²) in [6.45, 7) is 4.66. The Labute approximate surface area is 160 Å². The quantitative estimate of drug-likeness (QED) is 0.856. The van der Waals surface area contributed by atoms with Crippen LogP contribution in [0.2, 0.25) is 0 Å². The second kappa shape index (κ2) is 9.20. The number of piperidine rings is 1. The SMILES string of the molecule is CC(Oc1ccc(C#N)cc1)C(=O)NC1CCN(Cc2ccccc2)CC1. The molecule has 0 spiro atoms. The van der Waals surface area contributed by atoms with Crippen LogP contribution in [0.25, 0.3) is 0 Å². The molecule has 3 rings (SSSR count). The van der Waals surface area contributed by atoms with E-state index in [9.17, 15) is 4.79 Å². The van der Waals surface area contributed by atoms with Gasteiger partial charge in [0.15, 0.2) is 6.10 Å². The van der Waals surface area contributed by atoms with Gasteiger partial charge in [0.05, 0.1) is 11.6 Å². The summed E-state index contributed by atoms with van der Waals surface area (Å²) in [4.78, 5) is 14.8. The molecule has 1 atom stereocenters. The molecule has 27 heavy (non-hydrogen) atoms. The van der Waals surface area contributed by atoms with Crippen LogP contribution in [0.4, 0.5) is 0 Å². The summed E-state index contributed by atoms with van der Waals surface area (Å²) in [7, 11) is 0. The zero-order valence-corrected chi connectivity index (χ0v) is 15.6. The third kappa shape index (κ3) is 5.57. The van der Waals surface area contributed by atoms with Gasteiger partial charge in [0.2, 0.25) is 0 Å². The summed E-state index contributed by atoms with van der Waals surface area (Å²) >= 11 is 0. The first-order valence-electron chi connectivity index (χ1n) is 9.37. The number of benzene rings is 2. The number of carbonyl (C=O) groups excluding carboxylic acids is 1. The Morgan fingerprint density at radius 1 is 1.19 bits per heavy atom. The van der Waals surface area contributed by atoms with Crippen molar-refractivity contribution in [2.75, 3.05) is 13.1 Å². The lowest BCUT2D eigenvalue weighted by atomic mass is 10.0. The predicted octanol–water partition coefficient (Wildman–Crippen LogP) is 3.11. The molecule has 1 aliphatic heterocycles. The van der Waals surface area contributed by atoms with E-state index in [4.69, 9.17) is 10.00 Å². The Hall–Kier alpha value is -2.84. The van der Waals surface area contributed by atoms with E-state index in [-0.39, 0.29) is 11.9 Å². The van der Waals surface area contributed by atoms with E-state index in [1.54, 1.807) is 31.2 Å². The zero-order chi connectivity index (χ0) is 19.1. The topological polar surface area (TPSA) is 65.4 Å². The van der Waals surface area contributed by atoms with Crippen molar-refractivity contribution in [3.8, 4) is 11.8 Å². The number of nitriles is 1. The molecule has 1 heterocycles. The lowest BCUT2D eigenvalue weighted by molar-refractivity contribution is -0.128. The summed E-state index contributed by atoms with van der Waals surface area (Å²) in [6, 6.07) is 19.5. The summed E-state index contributed by atoms with van der Waals surface area (Å²) < 4.78 is 5.69. The van der Waals surface area contributed by atoms with Gasteiger partial charge in [0.1, 0.15) is 5.75 Å². The Bertz CT molecular complexity index is 775. The van der Waals surface area contributed by atoms with Crippen LogP contribution in [0.15, 0.2) is 54.6 Å². The second-order valence-electron chi connectivity index (χ2n) is 6.94. The number of hydrogen-bond acceptors (Lipinski definition) is 4. The molecular weight excluding hydrogens is 338 g/mol. The van der Waals surface area contributed by atoms with Crippen molar-refractivity contribution in [1.29, 1.82) is 5.26 Å². The van der Waals surface area contributed by atoms with Gasteiger partial charge < -0.3 is 10.1 Å². The average Bonchev–Trinajstić information content (AvgIpc) is 2.71. The number of likely N-dealkylation sites (tertiary alicyclic amines) is 1. The summed E-state index contributed by atoms with van der Waals surface area (Å²) in [5.41, 5.74) is 1.89. The van der Waals surface area contributed by atoms with E-state index in [0.29, 0.717) is 11.3 Å². The Kier molecular flexibility index (Phi) is 6.45. The third-order valence-electron chi connectivity index (χ3n) is 4.85. The maximum atomic E-state index is 12.4. The van der Waals surface area contributed by atoms with E-state index >= 15 is 0 Å². The van der Waals surface area contributed by atoms with Crippen molar-refractivity contribution < 1.29 is 9.53 Å². The van der Waals surface area contributed by atoms with E-state index in [2.05, 4.69) is 40.6 Å². The van der Waals surface area contributed by atoms with Gasteiger partial charge in [-0.2, -0.15) is 5.26 Å². The number of rotatable bonds is 6. The molecule has 1 N–H and O–H groups in total. The largest absolute Gasteiger partial charge is 0.481 e. The minimum absolute atomic E-state index is 0.0964. The molecule has 2 aromatic carbocycles. The van der Waals surface area contributed by atoms with Crippen molar-refractivity contribution in [3.63, 3.8) is 0 Å². The highest BCUT2D eigenvalue weighted by molar-refractivity contribution is 5.81. The number of nitrogens with zero attached hydrogens (tertiary/aromatic N) is 2. The molecule has 1 unspecified atom stereocenters. The number of hydrogen-bond donors (Lipinski definition) is 1. The zero-order valence-electron chi connectivity index (χ0n) is 15.6.